The number of hydrogen-bond acceptors (Lipinski definition) is 5. The molecule has 1 amide bonds. The van der Waals surface area contributed by atoms with Crippen LogP contribution < -0.4 is 5.32 Å². The predicted octanol–water partition coefficient (Wildman–Crippen LogP) is 3.69. The molecule has 0 bridgehead atoms. The first-order chi connectivity index (χ1) is 12.1. The Bertz CT molecular complexity index is 916. The van der Waals surface area contributed by atoms with Crippen LogP contribution in [0.4, 0.5) is 5.69 Å². The third-order valence-electron chi connectivity index (χ3n) is 3.57. The number of amides is 1. The summed E-state index contributed by atoms with van der Waals surface area (Å²) in [7, 11) is 1.30. The van der Waals surface area contributed by atoms with E-state index in [1.165, 1.54) is 13.2 Å². The number of oxazole rings is 1. The normalized spacial score (nSPS) is 10.3. The molecule has 1 heterocycles. The Morgan fingerprint density at radius 3 is 2.56 bits per heavy atom. The largest absolute Gasteiger partial charge is 0.465 e. The average Bonchev–Trinajstić information content (AvgIpc) is 3.04. The first-order valence-corrected chi connectivity index (χ1v) is 7.61. The molecule has 6 heteroatoms. The molecule has 0 aliphatic carbocycles. The smallest absolute Gasteiger partial charge is 0.337 e. The van der Waals surface area contributed by atoms with Crippen LogP contribution >= 0.6 is 0 Å². The molecule has 0 fully saturated rings. The fourth-order valence-electron chi connectivity index (χ4n) is 2.34. The van der Waals surface area contributed by atoms with Crippen molar-refractivity contribution in [3.63, 3.8) is 0 Å². The molecule has 0 aliphatic rings. The summed E-state index contributed by atoms with van der Waals surface area (Å²) < 4.78 is 10.3. The highest BCUT2D eigenvalue weighted by molar-refractivity contribution is 6.04. The first kappa shape index (κ1) is 16.4. The van der Waals surface area contributed by atoms with Crippen LogP contribution in [0.3, 0.4) is 0 Å². The molecule has 0 unspecified atom stereocenters. The Morgan fingerprint density at radius 1 is 1.08 bits per heavy atom. The molecular formula is C19H16N2O4. The van der Waals surface area contributed by atoms with Crippen LogP contribution in [-0.4, -0.2) is 24.0 Å². The van der Waals surface area contributed by atoms with E-state index < -0.39 is 11.9 Å². The van der Waals surface area contributed by atoms with Gasteiger partial charge in [0.1, 0.15) is 5.76 Å². The van der Waals surface area contributed by atoms with Gasteiger partial charge in [-0.25, -0.2) is 9.78 Å². The minimum absolute atomic E-state index is 0.197. The summed E-state index contributed by atoms with van der Waals surface area (Å²) in [5, 5.41) is 2.71. The zero-order chi connectivity index (χ0) is 17.8. The molecule has 6 nitrogen and oxygen atoms in total. The van der Waals surface area contributed by atoms with E-state index in [1.54, 1.807) is 25.1 Å². The van der Waals surface area contributed by atoms with E-state index >= 15 is 0 Å². The summed E-state index contributed by atoms with van der Waals surface area (Å²) >= 11 is 0. The third-order valence-corrected chi connectivity index (χ3v) is 3.57. The highest BCUT2D eigenvalue weighted by Gasteiger charge is 2.18. The quantitative estimate of drug-likeness (QED) is 0.735. The van der Waals surface area contributed by atoms with Gasteiger partial charge < -0.3 is 14.5 Å². The van der Waals surface area contributed by atoms with Gasteiger partial charge in [0.25, 0.3) is 5.91 Å². The van der Waals surface area contributed by atoms with Gasteiger partial charge >= 0.3 is 5.97 Å². The Kier molecular flexibility index (Phi) is 4.61. The summed E-state index contributed by atoms with van der Waals surface area (Å²) in [5.41, 5.74) is 1.80. The molecule has 126 valence electrons. The number of aromatic nitrogens is 1. The molecule has 0 spiro atoms. The van der Waals surface area contributed by atoms with Crippen LogP contribution in [0.1, 0.15) is 26.6 Å². The average molecular weight is 336 g/mol. The molecule has 0 saturated carbocycles. The number of esters is 1. The van der Waals surface area contributed by atoms with Gasteiger partial charge in [0.15, 0.2) is 5.69 Å². The first-order valence-electron chi connectivity index (χ1n) is 7.61. The van der Waals surface area contributed by atoms with Crippen molar-refractivity contribution in [1.29, 1.82) is 0 Å². The molecule has 1 N–H and O–H groups in total. The number of nitrogens with one attached hydrogen (secondary N) is 1. The van der Waals surface area contributed by atoms with Gasteiger partial charge in [-0.15, -0.1) is 0 Å². The molecule has 25 heavy (non-hydrogen) atoms. The second kappa shape index (κ2) is 7.00. The number of ether oxygens (including phenoxy) is 1. The number of carbonyl (C=O) groups is 2. The molecule has 0 radical (unpaired) electrons. The number of anilines is 1. The van der Waals surface area contributed by atoms with Gasteiger partial charge in [-0.2, -0.15) is 0 Å². The van der Waals surface area contributed by atoms with Crippen LogP contribution in [0.2, 0.25) is 0 Å². The van der Waals surface area contributed by atoms with Gasteiger partial charge in [-0.1, -0.05) is 24.3 Å². The molecule has 0 aliphatic heterocycles. The monoisotopic (exact) mass is 336 g/mol. The summed E-state index contributed by atoms with van der Waals surface area (Å²) in [4.78, 5) is 28.3. The van der Waals surface area contributed by atoms with E-state index in [1.807, 2.05) is 30.3 Å². The van der Waals surface area contributed by atoms with Crippen LogP contribution in [-0.2, 0) is 4.74 Å². The van der Waals surface area contributed by atoms with E-state index in [2.05, 4.69) is 15.0 Å². The Labute approximate surface area is 144 Å². The molecule has 2 aromatic carbocycles. The summed E-state index contributed by atoms with van der Waals surface area (Å²) in [5.74, 6) is -0.0856. The molecule has 3 aromatic rings. The lowest BCUT2D eigenvalue weighted by Gasteiger charge is -2.05. The Morgan fingerprint density at radius 2 is 1.84 bits per heavy atom. The standard InChI is InChI=1S/C19H16N2O4/c1-12-16(21-18(25-12)13-7-4-3-5-8-13)17(22)20-15-10-6-9-14(11-15)19(23)24-2/h3-11H,1-2H3,(H,20,22). The van der Waals surface area contributed by atoms with E-state index in [-0.39, 0.29) is 5.69 Å². The molecular weight excluding hydrogens is 320 g/mol. The van der Waals surface area contributed by atoms with Crippen LogP contribution in [0, 0.1) is 6.92 Å². The number of carbonyl (C=O) groups excluding carboxylic acids is 2. The maximum atomic E-state index is 12.5. The summed E-state index contributed by atoms with van der Waals surface area (Å²) in [6.45, 7) is 1.68. The Balaban J connectivity index is 1.83. The van der Waals surface area contributed by atoms with Gasteiger partial charge in [0.05, 0.1) is 12.7 Å². The zero-order valence-electron chi connectivity index (χ0n) is 13.8. The molecule has 3 rings (SSSR count). The highest BCUT2D eigenvalue weighted by atomic mass is 16.5. The fourth-order valence-corrected chi connectivity index (χ4v) is 2.34. The van der Waals surface area contributed by atoms with E-state index in [9.17, 15) is 9.59 Å². The van der Waals surface area contributed by atoms with Crippen LogP contribution in [0.5, 0.6) is 0 Å². The molecule has 1 aromatic heterocycles. The maximum Gasteiger partial charge on any atom is 0.337 e. The minimum atomic E-state index is -0.472. The van der Waals surface area contributed by atoms with Crippen molar-refractivity contribution in [2.45, 2.75) is 6.92 Å². The number of nitrogens with zero attached hydrogens (tertiary/aromatic N) is 1. The molecule has 0 saturated heterocycles. The number of aryl methyl sites for hydroxylation is 1. The topological polar surface area (TPSA) is 81.4 Å². The second-order valence-corrected chi connectivity index (χ2v) is 5.32. The van der Waals surface area contributed by atoms with Crippen molar-refractivity contribution in [2.75, 3.05) is 12.4 Å². The van der Waals surface area contributed by atoms with Gasteiger partial charge in [-0.3, -0.25) is 4.79 Å². The third kappa shape index (κ3) is 3.58. The van der Waals surface area contributed by atoms with Crippen molar-refractivity contribution < 1.29 is 18.7 Å². The highest BCUT2D eigenvalue weighted by Crippen LogP contribution is 2.22. The van der Waals surface area contributed by atoms with Gasteiger partial charge in [0.2, 0.25) is 5.89 Å². The van der Waals surface area contributed by atoms with Gasteiger partial charge in [-0.05, 0) is 37.3 Å². The lowest BCUT2D eigenvalue weighted by atomic mass is 10.2. The lowest BCUT2D eigenvalue weighted by Crippen LogP contribution is -2.14. The zero-order valence-corrected chi connectivity index (χ0v) is 13.8. The van der Waals surface area contributed by atoms with Crippen molar-refractivity contribution in [1.82, 2.24) is 4.98 Å². The summed E-state index contributed by atoms with van der Waals surface area (Å²) in [6, 6.07) is 15.8. The SMILES string of the molecule is COC(=O)c1cccc(NC(=O)c2nc(-c3ccccc3)oc2C)c1. The number of benzene rings is 2. The minimum Gasteiger partial charge on any atom is -0.465 e. The number of methoxy groups -OCH3 is 1. The van der Waals surface area contributed by atoms with Crippen molar-refractivity contribution in [2.24, 2.45) is 0 Å². The van der Waals surface area contributed by atoms with Crippen LogP contribution in [0.15, 0.2) is 59.0 Å². The van der Waals surface area contributed by atoms with Crippen LogP contribution in [0.25, 0.3) is 11.5 Å². The predicted molar refractivity (Wildman–Crippen MR) is 92.4 cm³/mol. The lowest BCUT2D eigenvalue weighted by molar-refractivity contribution is 0.0600. The maximum absolute atomic E-state index is 12.5. The van der Waals surface area contributed by atoms with E-state index in [0.717, 1.165) is 5.56 Å². The molecule has 0 atom stereocenters. The van der Waals surface area contributed by atoms with Crippen molar-refractivity contribution >= 4 is 17.6 Å². The fraction of sp³-hybridized carbons (Fsp3) is 0.105. The Hall–Kier alpha value is -3.41. The van der Waals surface area contributed by atoms with E-state index in [0.29, 0.717) is 22.9 Å². The number of hydrogen-bond donors (Lipinski definition) is 1. The van der Waals surface area contributed by atoms with E-state index in [4.69, 9.17) is 4.42 Å². The second-order valence-electron chi connectivity index (χ2n) is 5.32. The van der Waals surface area contributed by atoms with Crippen molar-refractivity contribution in [3.8, 4) is 11.5 Å². The summed E-state index contributed by atoms with van der Waals surface area (Å²) in [6.07, 6.45) is 0. The van der Waals surface area contributed by atoms with Crippen molar-refractivity contribution in [3.05, 3.63) is 71.6 Å². The van der Waals surface area contributed by atoms with Gasteiger partial charge in [0, 0.05) is 11.3 Å². The number of rotatable bonds is 4.